The second-order valence-corrected chi connectivity index (χ2v) is 5.64. The number of rotatable bonds is 3. The number of nitrogens with two attached hydrogens (primary N) is 1. The first kappa shape index (κ1) is 13.4. The van der Waals surface area contributed by atoms with Gasteiger partial charge >= 0.3 is 0 Å². The third-order valence-electron chi connectivity index (χ3n) is 4.20. The fourth-order valence-corrected chi connectivity index (χ4v) is 2.87. The lowest BCUT2D eigenvalue weighted by Crippen LogP contribution is -2.31. The zero-order chi connectivity index (χ0) is 13.0. The maximum Gasteiger partial charge on any atom is 0.0366 e. The highest BCUT2D eigenvalue weighted by atomic mass is 15.1. The molecule has 0 radical (unpaired) electrons. The van der Waals surface area contributed by atoms with Crippen LogP contribution in [0.2, 0.25) is 0 Å². The predicted molar refractivity (Wildman–Crippen MR) is 78.9 cm³/mol. The van der Waals surface area contributed by atoms with Crippen molar-refractivity contribution in [3.05, 3.63) is 29.8 Å². The number of hydrogen-bond acceptors (Lipinski definition) is 2. The molecule has 0 bridgehead atoms. The van der Waals surface area contributed by atoms with Crippen LogP contribution in [0.3, 0.4) is 0 Å². The molecule has 1 aromatic carbocycles. The second kappa shape index (κ2) is 6.24. The van der Waals surface area contributed by atoms with E-state index in [-0.39, 0.29) is 6.04 Å². The van der Waals surface area contributed by atoms with Crippen LogP contribution in [0.25, 0.3) is 0 Å². The summed E-state index contributed by atoms with van der Waals surface area (Å²) in [5, 5.41) is 0. The van der Waals surface area contributed by atoms with Crippen LogP contribution < -0.4 is 10.6 Å². The summed E-state index contributed by atoms with van der Waals surface area (Å²) < 4.78 is 0. The molecule has 1 aliphatic carbocycles. The molecule has 0 spiro atoms. The lowest BCUT2D eigenvalue weighted by Gasteiger charge is -2.29. The van der Waals surface area contributed by atoms with Gasteiger partial charge in [0.25, 0.3) is 0 Å². The quantitative estimate of drug-likeness (QED) is 0.820. The maximum absolute atomic E-state index is 5.89. The topological polar surface area (TPSA) is 29.3 Å². The van der Waals surface area contributed by atoms with Gasteiger partial charge in [-0.15, -0.1) is 0 Å². The average molecular weight is 246 g/mol. The Morgan fingerprint density at radius 3 is 2.11 bits per heavy atom. The Balaban J connectivity index is 2.05. The fourth-order valence-electron chi connectivity index (χ4n) is 2.87. The Labute approximate surface area is 111 Å². The molecule has 2 heteroatoms. The van der Waals surface area contributed by atoms with Crippen LogP contribution in [0.5, 0.6) is 0 Å². The van der Waals surface area contributed by atoms with Gasteiger partial charge in [-0.1, -0.05) is 37.8 Å². The first-order valence-corrected chi connectivity index (χ1v) is 7.27. The molecule has 1 saturated carbocycles. The highest BCUT2D eigenvalue weighted by molar-refractivity contribution is 5.48. The van der Waals surface area contributed by atoms with Gasteiger partial charge in [-0.05, 0) is 37.5 Å². The van der Waals surface area contributed by atoms with Gasteiger partial charge in [0.1, 0.15) is 0 Å². The van der Waals surface area contributed by atoms with Crippen LogP contribution in [-0.4, -0.2) is 13.1 Å². The Morgan fingerprint density at radius 2 is 1.61 bits per heavy atom. The molecule has 0 unspecified atom stereocenters. The number of hydrogen-bond donors (Lipinski definition) is 1. The molecular formula is C16H26N2. The van der Waals surface area contributed by atoms with Crippen molar-refractivity contribution in [2.75, 3.05) is 11.9 Å². The van der Waals surface area contributed by atoms with Gasteiger partial charge in [0, 0.05) is 24.8 Å². The third-order valence-corrected chi connectivity index (χ3v) is 4.20. The van der Waals surface area contributed by atoms with Gasteiger partial charge in [-0.25, -0.2) is 0 Å². The minimum Gasteiger partial charge on any atom is -0.372 e. The van der Waals surface area contributed by atoms with E-state index in [1.54, 1.807) is 0 Å². The zero-order valence-electron chi connectivity index (χ0n) is 11.7. The van der Waals surface area contributed by atoms with Crippen molar-refractivity contribution in [3.63, 3.8) is 0 Å². The summed E-state index contributed by atoms with van der Waals surface area (Å²) in [7, 11) is 2.23. The summed E-state index contributed by atoms with van der Waals surface area (Å²) in [6, 6.07) is 9.59. The molecule has 1 fully saturated rings. The van der Waals surface area contributed by atoms with E-state index in [9.17, 15) is 0 Å². The lowest BCUT2D eigenvalue weighted by atomic mass is 10.1. The molecular weight excluding hydrogens is 220 g/mol. The van der Waals surface area contributed by atoms with E-state index in [2.05, 4.69) is 36.2 Å². The van der Waals surface area contributed by atoms with Crippen molar-refractivity contribution >= 4 is 5.69 Å². The van der Waals surface area contributed by atoms with Gasteiger partial charge in [0.15, 0.2) is 0 Å². The van der Waals surface area contributed by atoms with Crippen LogP contribution in [-0.2, 0) is 0 Å². The molecule has 100 valence electrons. The van der Waals surface area contributed by atoms with Gasteiger partial charge in [0.05, 0.1) is 0 Å². The molecule has 0 aliphatic heterocycles. The Morgan fingerprint density at radius 1 is 1.06 bits per heavy atom. The molecule has 1 aliphatic rings. The van der Waals surface area contributed by atoms with E-state index >= 15 is 0 Å². The Bertz CT molecular complexity index is 348. The highest BCUT2D eigenvalue weighted by Gasteiger charge is 2.17. The largest absolute Gasteiger partial charge is 0.372 e. The number of nitrogens with zero attached hydrogens (tertiary/aromatic N) is 1. The minimum absolute atomic E-state index is 0.127. The molecule has 1 atom stereocenters. The smallest absolute Gasteiger partial charge is 0.0366 e. The number of benzene rings is 1. The van der Waals surface area contributed by atoms with Crippen LogP contribution in [0, 0.1) is 0 Å². The summed E-state index contributed by atoms with van der Waals surface area (Å²) >= 11 is 0. The lowest BCUT2D eigenvalue weighted by molar-refractivity contribution is 0.553. The molecule has 2 nitrogen and oxygen atoms in total. The Hall–Kier alpha value is -1.02. The van der Waals surface area contributed by atoms with Crippen molar-refractivity contribution < 1.29 is 0 Å². The summed E-state index contributed by atoms with van der Waals surface area (Å²) in [4.78, 5) is 2.45. The van der Waals surface area contributed by atoms with Crippen LogP contribution in [0.1, 0.15) is 57.1 Å². The highest BCUT2D eigenvalue weighted by Crippen LogP contribution is 2.26. The zero-order valence-corrected chi connectivity index (χ0v) is 11.7. The molecule has 2 N–H and O–H groups in total. The maximum atomic E-state index is 5.89. The number of anilines is 1. The van der Waals surface area contributed by atoms with E-state index in [0.29, 0.717) is 6.04 Å². The third kappa shape index (κ3) is 3.26. The van der Waals surface area contributed by atoms with Gasteiger partial charge in [-0.3, -0.25) is 0 Å². The Kier molecular flexibility index (Phi) is 4.65. The van der Waals surface area contributed by atoms with Crippen molar-refractivity contribution in [2.45, 2.75) is 57.5 Å². The monoisotopic (exact) mass is 246 g/mol. The second-order valence-electron chi connectivity index (χ2n) is 5.64. The fraction of sp³-hybridized carbons (Fsp3) is 0.625. The van der Waals surface area contributed by atoms with Crippen molar-refractivity contribution in [1.29, 1.82) is 0 Å². The van der Waals surface area contributed by atoms with E-state index in [0.717, 1.165) is 0 Å². The molecule has 1 aromatic rings. The first-order valence-electron chi connectivity index (χ1n) is 7.27. The average Bonchev–Trinajstić information content (AvgIpc) is 2.67. The van der Waals surface area contributed by atoms with E-state index in [1.807, 2.05) is 6.92 Å². The van der Waals surface area contributed by atoms with Crippen molar-refractivity contribution in [2.24, 2.45) is 5.73 Å². The van der Waals surface area contributed by atoms with Gasteiger partial charge < -0.3 is 10.6 Å². The van der Waals surface area contributed by atoms with Crippen molar-refractivity contribution in [1.82, 2.24) is 0 Å². The van der Waals surface area contributed by atoms with E-state index in [4.69, 9.17) is 5.73 Å². The standard InChI is InChI=1S/C16H26N2/c1-13(17)14-9-11-16(12-10-14)18(2)15-7-5-3-4-6-8-15/h9-13,15H,3-8,17H2,1-2H3/t13-/m1/s1. The predicted octanol–water partition coefficient (Wildman–Crippen LogP) is 3.87. The molecule has 0 amide bonds. The molecule has 0 saturated heterocycles. The summed E-state index contributed by atoms with van der Waals surface area (Å²) in [6.45, 7) is 2.03. The summed E-state index contributed by atoms with van der Waals surface area (Å²) in [5.41, 5.74) is 8.43. The summed E-state index contributed by atoms with van der Waals surface area (Å²) in [5.74, 6) is 0. The van der Waals surface area contributed by atoms with Gasteiger partial charge in [0.2, 0.25) is 0 Å². The van der Waals surface area contributed by atoms with Crippen LogP contribution in [0.15, 0.2) is 24.3 Å². The first-order chi connectivity index (χ1) is 8.68. The van der Waals surface area contributed by atoms with Crippen LogP contribution >= 0.6 is 0 Å². The van der Waals surface area contributed by atoms with Crippen LogP contribution in [0.4, 0.5) is 5.69 Å². The summed E-state index contributed by atoms with van der Waals surface area (Å²) in [6.07, 6.45) is 8.26. The molecule has 0 heterocycles. The minimum atomic E-state index is 0.127. The van der Waals surface area contributed by atoms with E-state index < -0.39 is 0 Å². The SMILES string of the molecule is C[C@@H](N)c1ccc(N(C)C2CCCCCC2)cc1. The van der Waals surface area contributed by atoms with Crippen molar-refractivity contribution in [3.8, 4) is 0 Å². The van der Waals surface area contributed by atoms with Gasteiger partial charge in [-0.2, -0.15) is 0 Å². The molecule has 0 aromatic heterocycles. The normalized spacial score (nSPS) is 19.3. The molecule has 2 rings (SSSR count). The van der Waals surface area contributed by atoms with E-state index in [1.165, 1.54) is 49.8 Å². The molecule has 18 heavy (non-hydrogen) atoms.